The number of aromatic hydroxyl groups is 1. The van der Waals surface area contributed by atoms with Crippen LogP contribution < -0.4 is 5.32 Å². The van der Waals surface area contributed by atoms with E-state index in [1.54, 1.807) is 12.1 Å². The number of nitrogens with one attached hydrogen (secondary N) is 1. The van der Waals surface area contributed by atoms with Gasteiger partial charge in [0.15, 0.2) is 5.96 Å². The molecule has 0 aromatic heterocycles. The summed E-state index contributed by atoms with van der Waals surface area (Å²) in [5, 5.41) is 12.9. The molecule has 2 N–H and O–H groups in total. The van der Waals surface area contributed by atoms with Gasteiger partial charge in [-0.05, 0) is 49.1 Å². The van der Waals surface area contributed by atoms with Crippen LogP contribution in [0.25, 0.3) is 0 Å². The van der Waals surface area contributed by atoms with Gasteiger partial charge in [-0.15, -0.1) is 24.0 Å². The Morgan fingerprint density at radius 3 is 2.60 bits per heavy atom. The van der Waals surface area contributed by atoms with Gasteiger partial charge in [-0.2, -0.15) is 0 Å². The first kappa shape index (κ1) is 21.3. The molecule has 0 bridgehead atoms. The number of aliphatic imine (C=N–C) groups is 1. The van der Waals surface area contributed by atoms with Crippen molar-refractivity contribution in [3.63, 3.8) is 0 Å². The number of hydrogen-bond donors (Lipinski definition) is 2. The van der Waals surface area contributed by atoms with Gasteiger partial charge in [-0.1, -0.05) is 36.4 Å². The zero-order valence-electron chi connectivity index (χ0n) is 15.2. The van der Waals surface area contributed by atoms with E-state index in [0.717, 1.165) is 31.0 Å². The molecule has 25 heavy (non-hydrogen) atoms. The summed E-state index contributed by atoms with van der Waals surface area (Å²) in [7, 11) is 2.06. The molecular formula is C20H28IN3O. The second-order valence-corrected chi connectivity index (χ2v) is 5.94. The third-order valence-electron chi connectivity index (χ3n) is 3.94. The summed E-state index contributed by atoms with van der Waals surface area (Å²) < 4.78 is 0. The summed E-state index contributed by atoms with van der Waals surface area (Å²) in [4.78, 5) is 6.86. The molecule has 136 valence electrons. The molecule has 0 heterocycles. The van der Waals surface area contributed by atoms with Gasteiger partial charge in [0, 0.05) is 26.7 Å². The Hall–Kier alpha value is -1.76. The summed E-state index contributed by atoms with van der Waals surface area (Å²) in [5.74, 6) is 1.21. The zero-order chi connectivity index (χ0) is 17.4. The van der Waals surface area contributed by atoms with Crippen molar-refractivity contribution < 1.29 is 5.11 Å². The molecule has 0 aliphatic heterocycles. The molecule has 0 spiro atoms. The first-order valence-corrected chi connectivity index (χ1v) is 8.42. The van der Waals surface area contributed by atoms with E-state index >= 15 is 0 Å². The number of halogens is 1. The molecule has 0 aliphatic carbocycles. The third kappa shape index (κ3) is 6.94. The van der Waals surface area contributed by atoms with Gasteiger partial charge in [-0.3, -0.25) is 4.99 Å². The molecule has 0 fully saturated rings. The molecule has 0 aliphatic rings. The van der Waals surface area contributed by atoms with E-state index in [4.69, 9.17) is 4.99 Å². The molecule has 0 saturated heterocycles. The summed E-state index contributed by atoms with van der Waals surface area (Å²) in [6.45, 7) is 6.55. The Labute approximate surface area is 168 Å². The predicted octanol–water partition coefficient (Wildman–Crippen LogP) is 3.96. The Balaban J connectivity index is 0.00000312. The molecule has 2 aromatic rings. The van der Waals surface area contributed by atoms with Crippen LogP contribution in [0.15, 0.2) is 53.5 Å². The van der Waals surface area contributed by atoms with Gasteiger partial charge in [0.05, 0.1) is 0 Å². The van der Waals surface area contributed by atoms with E-state index in [1.165, 1.54) is 11.1 Å². The van der Waals surface area contributed by atoms with Crippen LogP contribution in [-0.4, -0.2) is 36.1 Å². The molecular weight excluding hydrogens is 425 g/mol. The number of rotatable bonds is 6. The summed E-state index contributed by atoms with van der Waals surface area (Å²) in [6, 6.07) is 15.8. The number of hydrogen-bond acceptors (Lipinski definition) is 2. The van der Waals surface area contributed by atoms with Crippen molar-refractivity contribution in [3.05, 3.63) is 65.2 Å². The lowest BCUT2D eigenvalue weighted by atomic mass is 10.1. The molecule has 0 saturated carbocycles. The third-order valence-corrected chi connectivity index (χ3v) is 3.94. The first-order valence-electron chi connectivity index (χ1n) is 8.42. The maximum absolute atomic E-state index is 9.53. The normalized spacial score (nSPS) is 10.9. The topological polar surface area (TPSA) is 47.9 Å². The van der Waals surface area contributed by atoms with Gasteiger partial charge < -0.3 is 15.3 Å². The van der Waals surface area contributed by atoms with Crippen LogP contribution in [0.5, 0.6) is 5.75 Å². The van der Waals surface area contributed by atoms with Crippen LogP contribution in [0.1, 0.15) is 23.6 Å². The average molecular weight is 453 g/mol. The Morgan fingerprint density at radius 2 is 1.92 bits per heavy atom. The van der Waals surface area contributed by atoms with E-state index in [9.17, 15) is 5.11 Å². The van der Waals surface area contributed by atoms with Crippen LogP contribution in [0.2, 0.25) is 0 Å². The second-order valence-electron chi connectivity index (χ2n) is 5.94. The molecule has 0 radical (unpaired) electrons. The summed E-state index contributed by atoms with van der Waals surface area (Å²) in [6.07, 6.45) is 0.807. The van der Waals surface area contributed by atoms with Crippen molar-refractivity contribution >= 4 is 29.9 Å². The smallest absolute Gasteiger partial charge is 0.193 e. The van der Waals surface area contributed by atoms with Crippen LogP contribution in [0, 0.1) is 6.92 Å². The Bertz CT molecular complexity index is 688. The molecule has 2 aromatic carbocycles. The van der Waals surface area contributed by atoms with Crippen molar-refractivity contribution in [2.45, 2.75) is 26.8 Å². The lowest BCUT2D eigenvalue weighted by Crippen LogP contribution is -2.38. The van der Waals surface area contributed by atoms with Gasteiger partial charge >= 0.3 is 0 Å². The van der Waals surface area contributed by atoms with Crippen molar-refractivity contribution in [2.75, 3.05) is 20.1 Å². The van der Waals surface area contributed by atoms with Gasteiger partial charge in [0.25, 0.3) is 0 Å². The number of phenolic OH excluding ortho intramolecular Hbond substituents is 1. The quantitative estimate of drug-likeness (QED) is 0.396. The van der Waals surface area contributed by atoms with Crippen molar-refractivity contribution in [1.29, 1.82) is 0 Å². The molecule has 4 nitrogen and oxygen atoms in total. The zero-order valence-corrected chi connectivity index (χ0v) is 17.5. The second kappa shape index (κ2) is 11.0. The lowest BCUT2D eigenvalue weighted by Gasteiger charge is -2.23. The minimum absolute atomic E-state index is 0. The van der Waals surface area contributed by atoms with E-state index in [2.05, 4.69) is 55.4 Å². The van der Waals surface area contributed by atoms with Crippen molar-refractivity contribution in [1.82, 2.24) is 10.2 Å². The highest BCUT2D eigenvalue weighted by Crippen LogP contribution is 2.12. The maximum Gasteiger partial charge on any atom is 0.193 e. The highest BCUT2D eigenvalue weighted by Gasteiger charge is 2.07. The molecule has 0 amide bonds. The van der Waals surface area contributed by atoms with Gasteiger partial charge in [-0.25, -0.2) is 0 Å². The Kier molecular flexibility index (Phi) is 9.34. The standard InChI is InChI=1S/C20H27N3O.HI/c1-4-21-20(22-13-12-17-9-7-11-19(24)14-17)23(3)15-18-10-6-5-8-16(18)2;/h5-11,14,24H,4,12-13,15H2,1-3H3,(H,21,22);1H. The molecule has 0 atom stereocenters. The highest BCUT2D eigenvalue weighted by atomic mass is 127. The Morgan fingerprint density at radius 1 is 1.16 bits per heavy atom. The number of benzene rings is 2. The van der Waals surface area contributed by atoms with Crippen LogP contribution in [0.3, 0.4) is 0 Å². The fraction of sp³-hybridized carbons (Fsp3) is 0.350. The van der Waals surface area contributed by atoms with E-state index in [-0.39, 0.29) is 24.0 Å². The number of nitrogens with zero attached hydrogens (tertiary/aromatic N) is 2. The number of guanidine groups is 1. The SMILES string of the molecule is CCNC(=NCCc1cccc(O)c1)N(C)Cc1ccccc1C.I. The molecule has 2 rings (SSSR count). The monoisotopic (exact) mass is 453 g/mol. The summed E-state index contributed by atoms with van der Waals surface area (Å²) in [5.41, 5.74) is 3.69. The average Bonchev–Trinajstić information content (AvgIpc) is 2.56. The minimum Gasteiger partial charge on any atom is -0.508 e. The van der Waals surface area contributed by atoms with Crippen molar-refractivity contribution in [2.24, 2.45) is 4.99 Å². The van der Waals surface area contributed by atoms with Gasteiger partial charge in [0.1, 0.15) is 5.75 Å². The van der Waals surface area contributed by atoms with E-state index < -0.39 is 0 Å². The van der Waals surface area contributed by atoms with Crippen LogP contribution >= 0.6 is 24.0 Å². The first-order chi connectivity index (χ1) is 11.6. The number of phenols is 1. The van der Waals surface area contributed by atoms with Crippen LogP contribution in [-0.2, 0) is 13.0 Å². The lowest BCUT2D eigenvalue weighted by molar-refractivity contribution is 0.473. The number of aryl methyl sites for hydroxylation is 1. The molecule has 5 heteroatoms. The van der Waals surface area contributed by atoms with Crippen LogP contribution in [0.4, 0.5) is 0 Å². The summed E-state index contributed by atoms with van der Waals surface area (Å²) >= 11 is 0. The molecule has 0 unspecified atom stereocenters. The maximum atomic E-state index is 9.53. The minimum atomic E-state index is 0. The van der Waals surface area contributed by atoms with E-state index in [0.29, 0.717) is 12.3 Å². The highest BCUT2D eigenvalue weighted by molar-refractivity contribution is 14.0. The predicted molar refractivity (Wildman–Crippen MR) is 116 cm³/mol. The fourth-order valence-electron chi connectivity index (χ4n) is 2.59. The fourth-order valence-corrected chi connectivity index (χ4v) is 2.59. The largest absolute Gasteiger partial charge is 0.508 e. The van der Waals surface area contributed by atoms with Gasteiger partial charge in [0.2, 0.25) is 0 Å². The van der Waals surface area contributed by atoms with E-state index in [1.807, 2.05) is 12.1 Å². The van der Waals surface area contributed by atoms with Crippen molar-refractivity contribution in [3.8, 4) is 5.75 Å².